The van der Waals surface area contributed by atoms with E-state index >= 15 is 0 Å². The van der Waals surface area contributed by atoms with Crippen LogP contribution < -0.4 is 5.32 Å². The number of nitrogens with zero attached hydrogens (tertiary/aromatic N) is 1. The standard InChI is InChI=1S/C17H24ClF3N2/c1-12(2)10-23(14-6-8-22-9-7-14)11-13-4-3-5-15(18)16(13)17(19,20)21/h3-5,12,14,22H,6-11H2,1-2H3. The van der Waals surface area contributed by atoms with Crippen molar-refractivity contribution in [2.24, 2.45) is 5.92 Å². The third-order valence-corrected chi connectivity index (χ3v) is 4.50. The summed E-state index contributed by atoms with van der Waals surface area (Å²) in [5.41, 5.74) is -0.423. The molecule has 1 aliphatic heterocycles. The van der Waals surface area contributed by atoms with Crippen LogP contribution in [-0.2, 0) is 12.7 Å². The van der Waals surface area contributed by atoms with E-state index in [0.29, 0.717) is 12.0 Å². The lowest BCUT2D eigenvalue weighted by Gasteiger charge is -2.36. The van der Waals surface area contributed by atoms with Gasteiger partial charge in [0.05, 0.1) is 10.6 Å². The first-order valence-electron chi connectivity index (χ1n) is 8.08. The average molecular weight is 349 g/mol. The Morgan fingerprint density at radius 3 is 2.48 bits per heavy atom. The van der Waals surface area contributed by atoms with Crippen molar-refractivity contribution in [1.82, 2.24) is 10.2 Å². The molecule has 0 spiro atoms. The number of rotatable bonds is 5. The van der Waals surface area contributed by atoms with Gasteiger partial charge in [-0.1, -0.05) is 37.6 Å². The van der Waals surface area contributed by atoms with Crippen molar-refractivity contribution in [2.45, 2.75) is 45.5 Å². The number of hydrogen-bond acceptors (Lipinski definition) is 2. The van der Waals surface area contributed by atoms with E-state index < -0.39 is 11.7 Å². The van der Waals surface area contributed by atoms with Gasteiger partial charge in [0, 0.05) is 19.1 Å². The first-order valence-corrected chi connectivity index (χ1v) is 8.46. The summed E-state index contributed by atoms with van der Waals surface area (Å²) in [5, 5.41) is 3.09. The lowest BCUT2D eigenvalue weighted by atomic mass is 10.00. The molecule has 0 radical (unpaired) electrons. The molecule has 130 valence electrons. The fraction of sp³-hybridized carbons (Fsp3) is 0.647. The van der Waals surface area contributed by atoms with Crippen LogP contribution in [0.25, 0.3) is 0 Å². The van der Waals surface area contributed by atoms with E-state index in [9.17, 15) is 13.2 Å². The second-order valence-electron chi connectivity index (χ2n) is 6.58. The van der Waals surface area contributed by atoms with Crippen molar-refractivity contribution >= 4 is 11.6 Å². The van der Waals surface area contributed by atoms with Crippen LogP contribution in [0.3, 0.4) is 0 Å². The predicted molar refractivity (Wildman–Crippen MR) is 87.6 cm³/mol. The fourth-order valence-electron chi connectivity index (χ4n) is 3.22. The molecular formula is C17H24ClF3N2. The van der Waals surface area contributed by atoms with Crippen molar-refractivity contribution in [1.29, 1.82) is 0 Å². The van der Waals surface area contributed by atoms with Crippen molar-refractivity contribution in [3.63, 3.8) is 0 Å². The molecule has 0 atom stereocenters. The summed E-state index contributed by atoms with van der Waals surface area (Å²) in [7, 11) is 0. The van der Waals surface area contributed by atoms with Gasteiger partial charge in [0.25, 0.3) is 0 Å². The van der Waals surface area contributed by atoms with Gasteiger partial charge >= 0.3 is 6.18 Å². The fourth-order valence-corrected chi connectivity index (χ4v) is 3.52. The van der Waals surface area contributed by atoms with Gasteiger partial charge in [-0.15, -0.1) is 0 Å². The van der Waals surface area contributed by atoms with Crippen molar-refractivity contribution in [2.75, 3.05) is 19.6 Å². The summed E-state index contributed by atoms with van der Waals surface area (Å²) in [6, 6.07) is 4.77. The maximum absolute atomic E-state index is 13.4. The van der Waals surface area contributed by atoms with Crippen LogP contribution in [-0.4, -0.2) is 30.6 Å². The average Bonchev–Trinajstić information content (AvgIpc) is 2.45. The molecule has 0 unspecified atom stereocenters. The molecule has 1 aliphatic rings. The van der Waals surface area contributed by atoms with E-state index in [0.717, 1.165) is 32.5 Å². The predicted octanol–water partition coefficient (Wildman–Crippen LogP) is 4.57. The molecule has 0 saturated carbocycles. The van der Waals surface area contributed by atoms with E-state index in [1.54, 1.807) is 12.1 Å². The van der Waals surface area contributed by atoms with Crippen LogP contribution in [0.5, 0.6) is 0 Å². The molecule has 2 rings (SSSR count). The summed E-state index contributed by atoms with van der Waals surface area (Å²) >= 11 is 5.84. The molecule has 1 N–H and O–H groups in total. The first kappa shape index (κ1) is 18.6. The first-order chi connectivity index (χ1) is 10.8. The normalized spacial score (nSPS) is 17.2. The number of nitrogens with one attached hydrogen (secondary N) is 1. The zero-order valence-corrected chi connectivity index (χ0v) is 14.3. The van der Waals surface area contributed by atoms with Crippen LogP contribution in [0.1, 0.15) is 37.8 Å². The highest BCUT2D eigenvalue weighted by Gasteiger charge is 2.36. The van der Waals surface area contributed by atoms with Gasteiger partial charge in [-0.2, -0.15) is 13.2 Å². The minimum absolute atomic E-state index is 0.218. The molecule has 0 bridgehead atoms. The highest BCUT2D eigenvalue weighted by molar-refractivity contribution is 6.31. The van der Waals surface area contributed by atoms with Gasteiger partial charge < -0.3 is 5.32 Å². The molecule has 0 aromatic heterocycles. The number of halogens is 4. The van der Waals surface area contributed by atoms with Gasteiger partial charge in [-0.05, 0) is 43.5 Å². The zero-order valence-electron chi connectivity index (χ0n) is 13.6. The van der Waals surface area contributed by atoms with Crippen LogP contribution in [0.4, 0.5) is 13.2 Å². The molecular weight excluding hydrogens is 325 g/mol. The quantitative estimate of drug-likeness (QED) is 0.838. The van der Waals surface area contributed by atoms with Gasteiger partial charge in [0.2, 0.25) is 0 Å². The lowest BCUT2D eigenvalue weighted by molar-refractivity contribution is -0.138. The minimum atomic E-state index is -4.43. The topological polar surface area (TPSA) is 15.3 Å². The monoisotopic (exact) mass is 348 g/mol. The molecule has 1 heterocycles. The Morgan fingerprint density at radius 2 is 1.91 bits per heavy atom. The number of alkyl halides is 3. The largest absolute Gasteiger partial charge is 0.418 e. The summed E-state index contributed by atoms with van der Waals surface area (Å²) in [6.45, 7) is 7.10. The molecule has 2 nitrogen and oxygen atoms in total. The Hall–Kier alpha value is -0.780. The van der Waals surface area contributed by atoms with E-state index in [-0.39, 0.29) is 17.1 Å². The van der Waals surface area contributed by atoms with Gasteiger partial charge in [-0.25, -0.2) is 0 Å². The van der Waals surface area contributed by atoms with Crippen LogP contribution in [0.15, 0.2) is 18.2 Å². The van der Waals surface area contributed by atoms with E-state index in [4.69, 9.17) is 11.6 Å². The molecule has 0 aliphatic carbocycles. The van der Waals surface area contributed by atoms with Crippen molar-refractivity contribution in [3.8, 4) is 0 Å². The van der Waals surface area contributed by atoms with Gasteiger partial charge in [0.1, 0.15) is 0 Å². The second kappa shape index (κ2) is 7.86. The Bertz CT molecular complexity index is 511. The number of benzene rings is 1. The highest BCUT2D eigenvalue weighted by Crippen LogP contribution is 2.38. The maximum Gasteiger partial charge on any atom is 0.418 e. The molecule has 1 fully saturated rings. The lowest BCUT2D eigenvalue weighted by Crippen LogP contribution is -2.44. The number of piperidine rings is 1. The smallest absolute Gasteiger partial charge is 0.317 e. The summed E-state index contributed by atoms with van der Waals surface area (Å²) < 4.78 is 40.1. The summed E-state index contributed by atoms with van der Waals surface area (Å²) in [4.78, 5) is 2.19. The molecule has 23 heavy (non-hydrogen) atoms. The Kier molecular flexibility index (Phi) is 6.34. The second-order valence-corrected chi connectivity index (χ2v) is 6.98. The minimum Gasteiger partial charge on any atom is -0.317 e. The zero-order chi connectivity index (χ0) is 17.0. The maximum atomic E-state index is 13.4. The third-order valence-electron chi connectivity index (χ3n) is 4.18. The Balaban J connectivity index is 2.27. The number of hydrogen-bond donors (Lipinski definition) is 1. The van der Waals surface area contributed by atoms with E-state index in [2.05, 4.69) is 24.1 Å². The molecule has 6 heteroatoms. The van der Waals surface area contributed by atoms with Crippen molar-refractivity contribution in [3.05, 3.63) is 34.3 Å². The Labute approximate surface area is 141 Å². The molecule has 1 saturated heterocycles. The van der Waals surface area contributed by atoms with Crippen LogP contribution >= 0.6 is 11.6 Å². The molecule has 0 amide bonds. The van der Waals surface area contributed by atoms with Gasteiger partial charge in [0.15, 0.2) is 0 Å². The van der Waals surface area contributed by atoms with E-state index in [1.807, 2.05) is 0 Å². The SMILES string of the molecule is CC(C)CN(Cc1cccc(Cl)c1C(F)(F)F)C1CCNCC1. The van der Waals surface area contributed by atoms with Gasteiger partial charge in [-0.3, -0.25) is 4.90 Å². The molecule has 1 aromatic rings. The Morgan fingerprint density at radius 1 is 1.26 bits per heavy atom. The van der Waals surface area contributed by atoms with Crippen LogP contribution in [0.2, 0.25) is 5.02 Å². The van der Waals surface area contributed by atoms with E-state index in [1.165, 1.54) is 6.07 Å². The summed E-state index contributed by atoms with van der Waals surface area (Å²) in [6.07, 6.45) is -2.49. The summed E-state index contributed by atoms with van der Waals surface area (Å²) in [5.74, 6) is 0.401. The van der Waals surface area contributed by atoms with Crippen molar-refractivity contribution < 1.29 is 13.2 Å². The molecule has 1 aromatic carbocycles. The van der Waals surface area contributed by atoms with Crippen LogP contribution in [0, 0.1) is 5.92 Å². The highest BCUT2D eigenvalue weighted by atomic mass is 35.5. The third kappa shape index (κ3) is 5.10.